The van der Waals surface area contributed by atoms with Crippen molar-refractivity contribution in [2.75, 3.05) is 27.3 Å². The van der Waals surface area contributed by atoms with Crippen LogP contribution in [0.25, 0.3) is 0 Å². The summed E-state index contributed by atoms with van der Waals surface area (Å²) >= 11 is 13.6. The molecule has 0 N–H and O–H groups in total. The van der Waals surface area contributed by atoms with E-state index in [4.69, 9.17) is 32.7 Å². The second-order valence-corrected chi connectivity index (χ2v) is 7.50. The molecule has 0 aliphatic carbocycles. The number of ether oxygens (including phenoxy) is 2. The number of benzene rings is 2. The van der Waals surface area contributed by atoms with E-state index in [9.17, 15) is 4.79 Å². The van der Waals surface area contributed by atoms with Crippen molar-refractivity contribution in [3.63, 3.8) is 0 Å². The molecule has 1 aliphatic heterocycles. The number of amides is 1. The minimum atomic E-state index is -0.123. The summed E-state index contributed by atoms with van der Waals surface area (Å²) in [5, 5.41) is 1.88. The molecule has 27 heavy (non-hydrogen) atoms. The predicted molar refractivity (Wildman–Crippen MR) is 111 cm³/mol. The lowest BCUT2D eigenvalue weighted by molar-refractivity contribution is 0.0860. The molecule has 1 amide bonds. The zero-order chi connectivity index (χ0) is 19.4. The molecule has 8 heteroatoms. The van der Waals surface area contributed by atoms with Crippen LogP contribution in [0.3, 0.4) is 0 Å². The summed E-state index contributed by atoms with van der Waals surface area (Å²) in [5.41, 5.74) is 1.46. The van der Waals surface area contributed by atoms with Gasteiger partial charge in [0.25, 0.3) is 5.91 Å². The first kappa shape index (κ1) is 19.9. The Kier molecular flexibility index (Phi) is 6.52. The van der Waals surface area contributed by atoms with E-state index in [1.807, 2.05) is 6.07 Å². The van der Waals surface area contributed by atoms with Crippen molar-refractivity contribution in [3.05, 3.63) is 57.6 Å². The Hall–Kier alpha value is -1.89. The Balaban J connectivity index is 1.73. The van der Waals surface area contributed by atoms with Gasteiger partial charge in [0.2, 0.25) is 0 Å². The summed E-state index contributed by atoms with van der Waals surface area (Å²) in [6, 6.07) is 10.5. The van der Waals surface area contributed by atoms with E-state index in [0.717, 1.165) is 5.56 Å². The number of methoxy groups -OCH3 is 2. The lowest BCUT2D eigenvalue weighted by Crippen LogP contribution is -2.32. The van der Waals surface area contributed by atoms with Crippen molar-refractivity contribution in [1.82, 2.24) is 4.90 Å². The molecule has 0 unspecified atom stereocenters. The molecule has 1 aliphatic rings. The number of carbonyl (C=O) groups excluding carboxylic acids is 1. The van der Waals surface area contributed by atoms with Crippen molar-refractivity contribution in [3.8, 4) is 11.5 Å². The van der Waals surface area contributed by atoms with Crippen molar-refractivity contribution < 1.29 is 14.3 Å². The van der Waals surface area contributed by atoms with Crippen LogP contribution >= 0.6 is 35.0 Å². The van der Waals surface area contributed by atoms with Gasteiger partial charge in [-0.25, -0.2) is 0 Å². The number of rotatable bonds is 5. The molecular weight excluding hydrogens is 407 g/mol. The third kappa shape index (κ3) is 4.51. The molecule has 2 aromatic carbocycles. The number of hydrogen-bond donors (Lipinski definition) is 0. The summed E-state index contributed by atoms with van der Waals surface area (Å²) in [4.78, 5) is 19.1. The maximum atomic E-state index is 12.9. The first-order valence-electron chi connectivity index (χ1n) is 8.18. The molecule has 142 valence electrons. The van der Waals surface area contributed by atoms with Gasteiger partial charge in [-0.1, -0.05) is 41.0 Å². The Morgan fingerprint density at radius 3 is 2.63 bits per heavy atom. The second-order valence-electron chi connectivity index (χ2n) is 5.72. The smallest absolute Gasteiger partial charge is 0.260 e. The zero-order valence-electron chi connectivity index (χ0n) is 14.9. The molecule has 0 radical (unpaired) electrons. The van der Waals surface area contributed by atoms with Crippen LogP contribution in [0, 0.1) is 0 Å². The van der Waals surface area contributed by atoms with Crippen molar-refractivity contribution >= 4 is 46.0 Å². The average molecular weight is 425 g/mol. The molecule has 0 fully saturated rings. The Morgan fingerprint density at radius 2 is 1.93 bits per heavy atom. The van der Waals surface area contributed by atoms with Gasteiger partial charge in [0.05, 0.1) is 20.8 Å². The minimum Gasteiger partial charge on any atom is -0.493 e. The van der Waals surface area contributed by atoms with Gasteiger partial charge < -0.3 is 9.47 Å². The molecule has 0 saturated heterocycles. The first-order valence-corrected chi connectivity index (χ1v) is 9.92. The number of thioether (sulfide) groups is 1. The molecule has 5 nitrogen and oxygen atoms in total. The summed E-state index contributed by atoms with van der Waals surface area (Å²) in [6.07, 6.45) is 0. The molecule has 2 aromatic rings. The van der Waals surface area contributed by atoms with Crippen molar-refractivity contribution in [2.24, 2.45) is 4.99 Å². The van der Waals surface area contributed by atoms with Gasteiger partial charge in [0, 0.05) is 27.9 Å². The fourth-order valence-electron chi connectivity index (χ4n) is 2.64. The number of carbonyl (C=O) groups is 1. The predicted octanol–water partition coefficient (Wildman–Crippen LogP) is 4.76. The standard InChI is InChI=1S/C19H18Cl2N2O3S/c1-25-16-6-4-12(9-17(16)26-2)18(24)23-8-7-22-19(23)27-11-13-3-5-14(20)10-15(13)21/h3-6,9-10H,7-8,11H2,1-2H3. The van der Waals surface area contributed by atoms with Gasteiger partial charge in [-0.2, -0.15) is 0 Å². The maximum absolute atomic E-state index is 12.9. The van der Waals surface area contributed by atoms with E-state index >= 15 is 0 Å². The van der Waals surface area contributed by atoms with Crippen LogP contribution < -0.4 is 9.47 Å². The highest BCUT2D eigenvalue weighted by Crippen LogP contribution is 2.30. The maximum Gasteiger partial charge on any atom is 0.260 e. The van der Waals surface area contributed by atoms with Gasteiger partial charge in [-0.15, -0.1) is 0 Å². The summed E-state index contributed by atoms with van der Waals surface area (Å²) in [6.45, 7) is 1.12. The van der Waals surface area contributed by atoms with E-state index < -0.39 is 0 Å². The van der Waals surface area contributed by atoms with E-state index in [2.05, 4.69) is 4.99 Å². The SMILES string of the molecule is COc1ccc(C(=O)N2CCN=C2SCc2ccc(Cl)cc2Cl)cc1OC. The number of halogens is 2. The zero-order valence-corrected chi connectivity index (χ0v) is 17.2. The molecule has 0 saturated carbocycles. The van der Waals surface area contributed by atoms with Gasteiger partial charge in [-0.3, -0.25) is 14.7 Å². The number of aliphatic imine (C=N–C) groups is 1. The molecule has 0 aromatic heterocycles. The van der Waals surface area contributed by atoms with E-state index in [-0.39, 0.29) is 5.91 Å². The monoisotopic (exact) mass is 424 g/mol. The van der Waals surface area contributed by atoms with Crippen LogP contribution in [0.2, 0.25) is 10.0 Å². The lowest BCUT2D eigenvalue weighted by atomic mass is 10.2. The van der Waals surface area contributed by atoms with Crippen LogP contribution in [-0.4, -0.2) is 43.3 Å². The average Bonchev–Trinajstić information content (AvgIpc) is 3.14. The number of hydrogen-bond acceptors (Lipinski definition) is 5. The fourth-order valence-corrected chi connectivity index (χ4v) is 4.25. The number of amidine groups is 1. The lowest BCUT2D eigenvalue weighted by Gasteiger charge is -2.19. The second kappa shape index (κ2) is 8.87. The Morgan fingerprint density at radius 1 is 1.15 bits per heavy atom. The molecule has 3 rings (SSSR count). The van der Waals surface area contributed by atoms with Gasteiger partial charge in [0.1, 0.15) is 0 Å². The summed E-state index contributed by atoms with van der Waals surface area (Å²) < 4.78 is 10.5. The van der Waals surface area contributed by atoms with Crippen LogP contribution in [-0.2, 0) is 5.75 Å². The summed E-state index contributed by atoms with van der Waals surface area (Å²) in [7, 11) is 3.10. The van der Waals surface area contributed by atoms with Crippen molar-refractivity contribution in [2.45, 2.75) is 5.75 Å². The Bertz CT molecular complexity index is 889. The van der Waals surface area contributed by atoms with Gasteiger partial charge in [0.15, 0.2) is 16.7 Å². The van der Waals surface area contributed by atoms with Gasteiger partial charge in [-0.05, 0) is 35.9 Å². The van der Waals surface area contributed by atoms with Crippen LogP contribution in [0.15, 0.2) is 41.4 Å². The van der Waals surface area contributed by atoms with Crippen LogP contribution in [0.4, 0.5) is 0 Å². The van der Waals surface area contributed by atoms with E-state index in [1.54, 1.807) is 49.5 Å². The Labute approximate surface area is 172 Å². The van der Waals surface area contributed by atoms with Crippen LogP contribution in [0.1, 0.15) is 15.9 Å². The molecular formula is C19H18Cl2N2O3S. The first-order chi connectivity index (χ1) is 13.0. The molecule has 0 bridgehead atoms. The van der Waals surface area contributed by atoms with Crippen molar-refractivity contribution in [1.29, 1.82) is 0 Å². The van der Waals surface area contributed by atoms with E-state index in [1.165, 1.54) is 11.8 Å². The largest absolute Gasteiger partial charge is 0.493 e. The highest BCUT2D eigenvalue weighted by Gasteiger charge is 2.26. The molecule has 1 heterocycles. The van der Waals surface area contributed by atoms with E-state index in [0.29, 0.717) is 51.1 Å². The number of nitrogens with zero attached hydrogens (tertiary/aromatic N) is 2. The fraction of sp³-hybridized carbons (Fsp3) is 0.263. The third-order valence-corrected chi connectivity index (χ3v) is 5.70. The normalized spacial score (nSPS) is 13.5. The van der Waals surface area contributed by atoms with Gasteiger partial charge >= 0.3 is 0 Å². The highest BCUT2D eigenvalue weighted by molar-refractivity contribution is 8.13. The van der Waals surface area contributed by atoms with Crippen LogP contribution in [0.5, 0.6) is 11.5 Å². The molecule has 0 spiro atoms. The highest BCUT2D eigenvalue weighted by atomic mass is 35.5. The third-order valence-electron chi connectivity index (χ3n) is 4.05. The quantitative estimate of drug-likeness (QED) is 0.694. The minimum absolute atomic E-state index is 0.123. The molecule has 0 atom stereocenters. The summed E-state index contributed by atoms with van der Waals surface area (Å²) in [5.74, 6) is 1.57. The topological polar surface area (TPSA) is 51.1 Å².